The number of rotatable bonds is 7. The third kappa shape index (κ3) is 4.64. The summed E-state index contributed by atoms with van der Waals surface area (Å²) in [5.74, 6) is 0. The van der Waals surface area contributed by atoms with Crippen LogP contribution in [0, 0.1) is 0 Å². The third-order valence-electron chi connectivity index (χ3n) is 3.11. The van der Waals surface area contributed by atoms with Gasteiger partial charge < -0.3 is 10.1 Å². The Morgan fingerprint density at radius 1 is 1.00 bits per heavy atom. The van der Waals surface area contributed by atoms with E-state index in [0.29, 0.717) is 6.61 Å². The normalized spacial score (nSPS) is 10.7. The molecule has 0 aliphatic heterocycles. The number of nitrogens with one attached hydrogen (secondary N) is 1. The SMILES string of the molecule is CCOCc1ccccc1CNCc1cccc(Cl)c1. The second kappa shape index (κ2) is 8.05. The van der Waals surface area contributed by atoms with Crippen molar-refractivity contribution in [2.45, 2.75) is 26.6 Å². The largest absolute Gasteiger partial charge is 0.377 e. The molecule has 2 aromatic rings. The highest BCUT2D eigenvalue weighted by molar-refractivity contribution is 6.30. The standard InChI is InChI=1S/C17H20ClNO/c1-2-20-13-16-8-4-3-7-15(16)12-19-11-14-6-5-9-17(18)10-14/h3-10,19H,2,11-13H2,1H3. The van der Waals surface area contributed by atoms with E-state index in [2.05, 4.69) is 35.6 Å². The zero-order valence-corrected chi connectivity index (χ0v) is 12.5. The van der Waals surface area contributed by atoms with Crippen LogP contribution in [0.5, 0.6) is 0 Å². The van der Waals surface area contributed by atoms with E-state index in [0.717, 1.165) is 24.7 Å². The Labute approximate surface area is 125 Å². The molecule has 0 heterocycles. The molecule has 0 aliphatic carbocycles. The number of hydrogen-bond donors (Lipinski definition) is 1. The van der Waals surface area contributed by atoms with Crippen molar-refractivity contribution in [2.24, 2.45) is 0 Å². The van der Waals surface area contributed by atoms with E-state index < -0.39 is 0 Å². The van der Waals surface area contributed by atoms with Crippen LogP contribution in [-0.2, 0) is 24.4 Å². The fourth-order valence-corrected chi connectivity index (χ4v) is 2.28. The maximum atomic E-state index is 5.98. The van der Waals surface area contributed by atoms with Gasteiger partial charge in [-0.1, -0.05) is 48.0 Å². The van der Waals surface area contributed by atoms with Crippen LogP contribution >= 0.6 is 11.6 Å². The predicted molar refractivity (Wildman–Crippen MR) is 83.8 cm³/mol. The van der Waals surface area contributed by atoms with Crippen molar-refractivity contribution in [3.63, 3.8) is 0 Å². The van der Waals surface area contributed by atoms with Gasteiger partial charge in [0.1, 0.15) is 0 Å². The lowest BCUT2D eigenvalue weighted by Gasteiger charge is -2.11. The molecule has 0 aliphatic rings. The summed E-state index contributed by atoms with van der Waals surface area (Å²) in [7, 11) is 0. The molecule has 0 saturated carbocycles. The fraction of sp³-hybridized carbons (Fsp3) is 0.294. The van der Waals surface area contributed by atoms with Crippen molar-refractivity contribution in [3.05, 3.63) is 70.2 Å². The van der Waals surface area contributed by atoms with Crippen LogP contribution in [0.1, 0.15) is 23.6 Å². The van der Waals surface area contributed by atoms with Crippen molar-refractivity contribution in [1.29, 1.82) is 0 Å². The molecule has 0 radical (unpaired) electrons. The smallest absolute Gasteiger partial charge is 0.0719 e. The third-order valence-corrected chi connectivity index (χ3v) is 3.35. The Kier molecular flexibility index (Phi) is 6.06. The van der Waals surface area contributed by atoms with Crippen LogP contribution in [0.3, 0.4) is 0 Å². The molecule has 0 bridgehead atoms. The van der Waals surface area contributed by atoms with Gasteiger partial charge in [-0.2, -0.15) is 0 Å². The molecule has 3 heteroatoms. The minimum absolute atomic E-state index is 0.672. The predicted octanol–water partition coefficient (Wildman–Crippen LogP) is 4.17. The first-order valence-corrected chi connectivity index (χ1v) is 7.27. The first-order chi connectivity index (χ1) is 9.79. The van der Waals surface area contributed by atoms with Gasteiger partial charge in [0.15, 0.2) is 0 Å². The van der Waals surface area contributed by atoms with E-state index in [1.807, 2.05) is 25.1 Å². The van der Waals surface area contributed by atoms with E-state index in [1.165, 1.54) is 16.7 Å². The molecule has 2 aromatic carbocycles. The number of benzene rings is 2. The van der Waals surface area contributed by atoms with Gasteiger partial charge >= 0.3 is 0 Å². The molecular weight excluding hydrogens is 270 g/mol. The first kappa shape index (κ1) is 15.0. The Hall–Kier alpha value is -1.35. The average molecular weight is 290 g/mol. The Balaban J connectivity index is 1.90. The van der Waals surface area contributed by atoms with Crippen molar-refractivity contribution in [3.8, 4) is 0 Å². The van der Waals surface area contributed by atoms with Crippen molar-refractivity contribution < 1.29 is 4.74 Å². The molecule has 0 fully saturated rings. The topological polar surface area (TPSA) is 21.3 Å². The monoisotopic (exact) mass is 289 g/mol. The Bertz CT molecular complexity index is 542. The maximum absolute atomic E-state index is 5.98. The van der Waals surface area contributed by atoms with E-state index in [9.17, 15) is 0 Å². The van der Waals surface area contributed by atoms with Gasteiger partial charge in [0.05, 0.1) is 6.61 Å². The van der Waals surface area contributed by atoms with Crippen LogP contribution in [0.25, 0.3) is 0 Å². The van der Waals surface area contributed by atoms with Gasteiger partial charge in [-0.15, -0.1) is 0 Å². The van der Waals surface area contributed by atoms with Crippen molar-refractivity contribution >= 4 is 11.6 Å². The molecular formula is C17H20ClNO. The van der Waals surface area contributed by atoms with E-state index >= 15 is 0 Å². The van der Waals surface area contributed by atoms with Crippen molar-refractivity contribution in [1.82, 2.24) is 5.32 Å². The van der Waals surface area contributed by atoms with Crippen molar-refractivity contribution in [2.75, 3.05) is 6.61 Å². The number of halogens is 1. The van der Waals surface area contributed by atoms with Gasteiger partial charge in [-0.25, -0.2) is 0 Å². The summed E-state index contributed by atoms with van der Waals surface area (Å²) in [6.45, 7) is 5.06. The molecule has 106 valence electrons. The molecule has 0 spiro atoms. The molecule has 0 atom stereocenters. The van der Waals surface area contributed by atoms with Crippen LogP contribution in [-0.4, -0.2) is 6.61 Å². The summed E-state index contributed by atoms with van der Waals surface area (Å²) in [5, 5.41) is 4.23. The summed E-state index contributed by atoms with van der Waals surface area (Å²) >= 11 is 5.98. The minimum Gasteiger partial charge on any atom is -0.377 e. The molecule has 0 saturated heterocycles. The van der Waals surface area contributed by atoms with Crippen LogP contribution in [0.4, 0.5) is 0 Å². The summed E-state index contributed by atoms with van der Waals surface area (Å²) in [6, 6.07) is 16.3. The highest BCUT2D eigenvalue weighted by Crippen LogP contribution is 2.12. The first-order valence-electron chi connectivity index (χ1n) is 6.89. The number of hydrogen-bond acceptors (Lipinski definition) is 2. The molecule has 20 heavy (non-hydrogen) atoms. The highest BCUT2D eigenvalue weighted by atomic mass is 35.5. The summed E-state index contributed by atoms with van der Waals surface area (Å²) < 4.78 is 5.50. The van der Waals surface area contributed by atoms with Gasteiger partial charge in [0.2, 0.25) is 0 Å². The molecule has 0 unspecified atom stereocenters. The average Bonchev–Trinajstić information content (AvgIpc) is 2.46. The van der Waals surface area contributed by atoms with E-state index in [4.69, 9.17) is 16.3 Å². The second-order valence-electron chi connectivity index (χ2n) is 4.64. The fourth-order valence-electron chi connectivity index (χ4n) is 2.07. The van der Waals surface area contributed by atoms with Gasteiger partial charge in [0.25, 0.3) is 0 Å². The maximum Gasteiger partial charge on any atom is 0.0719 e. The van der Waals surface area contributed by atoms with Crippen LogP contribution in [0.2, 0.25) is 5.02 Å². The number of ether oxygens (including phenoxy) is 1. The molecule has 0 aromatic heterocycles. The van der Waals surface area contributed by atoms with Crippen LogP contribution < -0.4 is 5.32 Å². The Morgan fingerprint density at radius 3 is 2.55 bits per heavy atom. The second-order valence-corrected chi connectivity index (χ2v) is 5.08. The zero-order valence-electron chi connectivity index (χ0n) is 11.7. The van der Waals surface area contributed by atoms with E-state index in [-0.39, 0.29) is 0 Å². The zero-order chi connectivity index (χ0) is 14.2. The van der Waals surface area contributed by atoms with E-state index in [1.54, 1.807) is 0 Å². The van der Waals surface area contributed by atoms with Gasteiger partial charge in [-0.05, 0) is 35.7 Å². The Morgan fingerprint density at radius 2 is 1.80 bits per heavy atom. The van der Waals surface area contributed by atoms with Gasteiger partial charge in [-0.3, -0.25) is 0 Å². The highest BCUT2D eigenvalue weighted by Gasteiger charge is 2.01. The summed E-state index contributed by atoms with van der Waals surface area (Å²) in [6.07, 6.45) is 0. The summed E-state index contributed by atoms with van der Waals surface area (Å²) in [4.78, 5) is 0. The van der Waals surface area contributed by atoms with Gasteiger partial charge in [0, 0.05) is 24.7 Å². The van der Waals surface area contributed by atoms with Crippen LogP contribution in [0.15, 0.2) is 48.5 Å². The molecule has 0 amide bonds. The quantitative estimate of drug-likeness (QED) is 0.826. The summed E-state index contributed by atoms with van der Waals surface area (Å²) in [5.41, 5.74) is 3.72. The lowest BCUT2D eigenvalue weighted by atomic mass is 10.1. The lowest BCUT2D eigenvalue weighted by molar-refractivity contribution is 0.133. The lowest BCUT2D eigenvalue weighted by Crippen LogP contribution is -2.14. The minimum atomic E-state index is 0.672. The molecule has 1 N–H and O–H groups in total. The molecule has 2 rings (SSSR count). The molecule has 2 nitrogen and oxygen atoms in total.